The van der Waals surface area contributed by atoms with E-state index in [9.17, 15) is 0 Å². The molecular weight excluding hydrogens is 222 g/mol. The highest BCUT2D eigenvalue weighted by Gasteiger charge is 2.14. The Hall–Kier alpha value is -1.77. The summed E-state index contributed by atoms with van der Waals surface area (Å²) in [5.41, 5.74) is 5.22. The van der Waals surface area contributed by atoms with E-state index < -0.39 is 0 Å². The number of benzene rings is 1. The van der Waals surface area contributed by atoms with E-state index >= 15 is 0 Å². The highest BCUT2D eigenvalue weighted by molar-refractivity contribution is 5.59. The van der Waals surface area contributed by atoms with Crippen LogP contribution in [0.3, 0.4) is 0 Å². The van der Waals surface area contributed by atoms with Crippen LogP contribution in [0, 0.1) is 0 Å². The number of nitrogens with one attached hydrogen (secondary N) is 1. The molecule has 2 aromatic rings. The molecule has 0 amide bonds. The Labute approximate surface area is 108 Å². The fourth-order valence-corrected chi connectivity index (χ4v) is 2.54. The van der Waals surface area contributed by atoms with E-state index in [1.54, 1.807) is 0 Å². The van der Waals surface area contributed by atoms with Crippen molar-refractivity contribution in [2.24, 2.45) is 0 Å². The number of aromatic nitrogens is 2. The van der Waals surface area contributed by atoms with Gasteiger partial charge in [-0.1, -0.05) is 13.8 Å². The zero-order valence-electron chi connectivity index (χ0n) is 11.0. The zero-order valence-corrected chi connectivity index (χ0v) is 11.0. The number of rotatable bonds is 3. The van der Waals surface area contributed by atoms with Crippen molar-refractivity contribution < 1.29 is 0 Å². The van der Waals surface area contributed by atoms with E-state index in [-0.39, 0.29) is 0 Å². The van der Waals surface area contributed by atoms with Crippen molar-refractivity contribution in [3.05, 3.63) is 42.0 Å². The van der Waals surface area contributed by atoms with Gasteiger partial charge in [0, 0.05) is 29.8 Å². The molecule has 18 heavy (non-hydrogen) atoms. The van der Waals surface area contributed by atoms with Crippen molar-refractivity contribution in [3.8, 4) is 5.69 Å². The quantitative estimate of drug-likeness (QED) is 0.893. The van der Waals surface area contributed by atoms with Gasteiger partial charge in [-0.3, -0.25) is 0 Å². The molecule has 94 valence electrons. The third-order valence-corrected chi connectivity index (χ3v) is 3.86. The maximum Gasteiger partial charge on any atom is 0.0994 e. The molecule has 0 bridgehead atoms. The molecule has 0 saturated carbocycles. The van der Waals surface area contributed by atoms with Crippen LogP contribution in [0.15, 0.2) is 30.7 Å². The molecule has 1 aromatic heterocycles. The molecule has 1 N–H and O–H groups in total. The normalized spacial score (nSPS) is 15.2. The van der Waals surface area contributed by atoms with Crippen molar-refractivity contribution >= 4 is 5.69 Å². The summed E-state index contributed by atoms with van der Waals surface area (Å²) in [4.78, 5) is 4.31. The van der Waals surface area contributed by atoms with Gasteiger partial charge in [-0.05, 0) is 42.5 Å². The number of anilines is 1. The van der Waals surface area contributed by atoms with Crippen LogP contribution in [0.4, 0.5) is 5.69 Å². The maximum atomic E-state index is 4.31. The highest BCUT2D eigenvalue weighted by Crippen LogP contribution is 2.27. The monoisotopic (exact) mass is 241 g/mol. The number of imidazole rings is 1. The SMILES string of the molecule is CCC(C)c1cncn1-c1ccc2c(c1)CCN2. The smallest absolute Gasteiger partial charge is 0.0994 e. The highest BCUT2D eigenvalue weighted by atomic mass is 15.1. The summed E-state index contributed by atoms with van der Waals surface area (Å²) in [5.74, 6) is 0.541. The van der Waals surface area contributed by atoms with E-state index in [4.69, 9.17) is 0 Å². The molecule has 1 atom stereocenters. The minimum absolute atomic E-state index is 0.541. The zero-order chi connectivity index (χ0) is 12.5. The molecule has 1 aliphatic heterocycles. The first kappa shape index (κ1) is 11.3. The number of nitrogens with zero attached hydrogens (tertiary/aromatic N) is 2. The Morgan fingerprint density at radius 3 is 3.17 bits per heavy atom. The van der Waals surface area contributed by atoms with Crippen molar-refractivity contribution in [2.45, 2.75) is 32.6 Å². The van der Waals surface area contributed by atoms with Crippen LogP contribution in [0.2, 0.25) is 0 Å². The lowest BCUT2D eigenvalue weighted by atomic mass is 10.1. The third-order valence-electron chi connectivity index (χ3n) is 3.86. The molecule has 0 aliphatic carbocycles. The van der Waals surface area contributed by atoms with Gasteiger partial charge in [-0.15, -0.1) is 0 Å². The molecule has 3 rings (SSSR count). The van der Waals surface area contributed by atoms with Gasteiger partial charge in [0.1, 0.15) is 0 Å². The van der Waals surface area contributed by atoms with Gasteiger partial charge in [-0.25, -0.2) is 4.98 Å². The molecule has 1 aromatic carbocycles. The van der Waals surface area contributed by atoms with E-state index in [1.165, 1.54) is 22.6 Å². The molecule has 0 saturated heterocycles. The Balaban J connectivity index is 2.02. The van der Waals surface area contributed by atoms with Gasteiger partial charge in [0.25, 0.3) is 0 Å². The summed E-state index contributed by atoms with van der Waals surface area (Å²) in [5, 5.41) is 3.40. The van der Waals surface area contributed by atoms with Gasteiger partial charge < -0.3 is 9.88 Å². The first-order chi connectivity index (χ1) is 8.79. The maximum absolute atomic E-state index is 4.31. The summed E-state index contributed by atoms with van der Waals surface area (Å²) in [6.45, 7) is 5.53. The van der Waals surface area contributed by atoms with Crippen LogP contribution in [-0.2, 0) is 6.42 Å². The van der Waals surface area contributed by atoms with Crippen LogP contribution in [0.1, 0.15) is 37.4 Å². The van der Waals surface area contributed by atoms with Crippen molar-refractivity contribution in [2.75, 3.05) is 11.9 Å². The van der Waals surface area contributed by atoms with Crippen LogP contribution in [0.25, 0.3) is 5.69 Å². The molecule has 3 nitrogen and oxygen atoms in total. The fourth-order valence-electron chi connectivity index (χ4n) is 2.54. The van der Waals surface area contributed by atoms with Gasteiger partial charge in [0.05, 0.1) is 6.33 Å². The number of fused-ring (bicyclic) bond motifs is 1. The largest absolute Gasteiger partial charge is 0.384 e. The summed E-state index contributed by atoms with van der Waals surface area (Å²) in [7, 11) is 0. The van der Waals surface area contributed by atoms with Crippen LogP contribution in [0.5, 0.6) is 0 Å². The molecule has 0 spiro atoms. The summed E-state index contributed by atoms with van der Waals surface area (Å²) in [6.07, 6.45) is 6.17. The Bertz CT molecular complexity index is 557. The summed E-state index contributed by atoms with van der Waals surface area (Å²) in [6, 6.07) is 6.63. The third kappa shape index (κ3) is 1.80. The lowest BCUT2D eigenvalue weighted by molar-refractivity contribution is 0.690. The van der Waals surface area contributed by atoms with E-state index in [0.29, 0.717) is 5.92 Å². The summed E-state index contributed by atoms with van der Waals surface area (Å²) >= 11 is 0. The van der Waals surface area contributed by atoms with Crippen molar-refractivity contribution in [3.63, 3.8) is 0 Å². The Morgan fingerprint density at radius 1 is 1.44 bits per heavy atom. The van der Waals surface area contributed by atoms with E-state index in [1.807, 2.05) is 12.5 Å². The molecule has 1 aliphatic rings. The predicted molar refractivity (Wildman–Crippen MR) is 74.5 cm³/mol. The second kappa shape index (κ2) is 4.48. The van der Waals surface area contributed by atoms with Gasteiger partial charge in [0.15, 0.2) is 0 Å². The average molecular weight is 241 g/mol. The Morgan fingerprint density at radius 2 is 2.33 bits per heavy atom. The second-order valence-corrected chi connectivity index (χ2v) is 5.02. The molecule has 0 radical (unpaired) electrons. The van der Waals surface area contributed by atoms with Crippen LogP contribution in [-0.4, -0.2) is 16.1 Å². The lowest BCUT2D eigenvalue weighted by Gasteiger charge is -2.13. The Kier molecular flexibility index (Phi) is 2.82. The van der Waals surface area contributed by atoms with Crippen LogP contribution < -0.4 is 5.32 Å². The summed E-state index contributed by atoms with van der Waals surface area (Å²) < 4.78 is 2.22. The molecular formula is C15H19N3. The number of hydrogen-bond acceptors (Lipinski definition) is 2. The van der Waals surface area contributed by atoms with Crippen molar-refractivity contribution in [1.82, 2.24) is 9.55 Å². The fraction of sp³-hybridized carbons (Fsp3) is 0.400. The van der Waals surface area contributed by atoms with Gasteiger partial charge in [0.2, 0.25) is 0 Å². The molecule has 0 fully saturated rings. The second-order valence-electron chi connectivity index (χ2n) is 5.02. The van der Waals surface area contributed by atoms with Crippen LogP contribution >= 0.6 is 0 Å². The van der Waals surface area contributed by atoms with Crippen molar-refractivity contribution in [1.29, 1.82) is 0 Å². The molecule has 2 heterocycles. The molecule has 3 heteroatoms. The number of hydrogen-bond donors (Lipinski definition) is 1. The van der Waals surface area contributed by atoms with E-state index in [2.05, 4.69) is 46.9 Å². The first-order valence-electron chi connectivity index (χ1n) is 6.69. The van der Waals surface area contributed by atoms with Gasteiger partial charge >= 0.3 is 0 Å². The standard InChI is InChI=1S/C15H19N3/c1-3-11(2)15-9-16-10-18(15)13-4-5-14-12(8-13)6-7-17-14/h4-5,8-11,17H,3,6-7H2,1-2H3. The average Bonchev–Trinajstić information content (AvgIpc) is 3.05. The van der Waals surface area contributed by atoms with E-state index in [0.717, 1.165) is 19.4 Å². The molecule has 1 unspecified atom stereocenters. The minimum atomic E-state index is 0.541. The first-order valence-corrected chi connectivity index (χ1v) is 6.69. The minimum Gasteiger partial charge on any atom is -0.384 e. The lowest BCUT2D eigenvalue weighted by Crippen LogP contribution is -2.02. The topological polar surface area (TPSA) is 29.9 Å². The van der Waals surface area contributed by atoms with Gasteiger partial charge in [-0.2, -0.15) is 0 Å². The predicted octanol–water partition coefficient (Wildman–Crippen LogP) is 3.35.